The number of nitrogens with zero attached hydrogens (tertiary/aromatic N) is 4. The summed E-state index contributed by atoms with van der Waals surface area (Å²) in [5.41, 5.74) is 1.72. The van der Waals surface area contributed by atoms with Gasteiger partial charge < -0.3 is 20.1 Å². The third-order valence-electron chi connectivity index (χ3n) is 5.43. The molecule has 0 spiro atoms. The van der Waals surface area contributed by atoms with Gasteiger partial charge in [-0.15, -0.1) is 10.2 Å². The molecule has 2 rings (SSSR count). The Labute approximate surface area is 207 Å². The van der Waals surface area contributed by atoms with Gasteiger partial charge in [0.2, 0.25) is 0 Å². The third kappa shape index (κ3) is 9.03. The molecule has 0 aliphatic carbocycles. The molecule has 1 amide bonds. The number of nitrogens with one attached hydrogen (secondary N) is 2. The first-order valence-electron chi connectivity index (χ1n) is 12.1. The molecule has 1 atom stereocenters. The molecular formula is C25H38N6O4. The number of aromatic nitrogens is 3. The number of hydrogen-bond donors (Lipinski definition) is 2. The van der Waals surface area contributed by atoms with E-state index in [0.717, 1.165) is 48.6 Å². The zero-order valence-electron chi connectivity index (χ0n) is 21.4. The van der Waals surface area contributed by atoms with Gasteiger partial charge in [0.1, 0.15) is 17.9 Å². The van der Waals surface area contributed by atoms with Crippen molar-refractivity contribution in [2.24, 2.45) is 10.9 Å². The van der Waals surface area contributed by atoms with Crippen molar-refractivity contribution in [3.63, 3.8) is 0 Å². The summed E-state index contributed by atoms with van der Waals surface area (Å²) < 4.78 is 12.3. The Morgan fingerprint density at radius 3 is 2.69 bits per heavy atom. The van der Waals surface area contributed by atoms with Crippen LogP contribution in [0.2, 0.25) is 0 Å². The van der Waals surface area contributed by atoms with E-state index in [2.05, 4.69) is 25.8 Å². The van der Waals surface area contributed by atoms with Crippen molar-refractivity contribution < 1.29 is 19.1 Å². The summed E-state index contributed by atoms with van der Waals surface area (Å²) in [5.74, 6) is 1.55. The number of Topliss-reactive ketones (excluding diaryl/α,β-unsaturated/α-hetero) is 1. The highest BCUT2D eigenvalue weighted by Crippen LogP contribution is 2.26. The fourth-order valence-electron chi connectivity index (χ4n) is 3.49. The molecule has 10 heteroatoms. The maximum absolute atomic E-state index is 12.6. The molecule has 1 heterocycles. The Morgan fingerprint density at radius 1 is 1.23 bits per heavy atom. The predicted octanol–water partition coefficient (Wildman–Crippen LogP) is 4.31. The number of rotatable bonds is 15. The predicted molar refractivity (Wildman–Crippen MR) is 137 cm³/mol. The Bertz CT molecular complexity index is 973. The van der Waals surface area contributed by atoms with Crippen molar-refractivity contribution in [1.29, 1.82) is 0 Å². The topological polar surface area (TPSA) is 120 Å². The molecule has 0 aliphatic rings. The van der Waals surface area contributed by atoms with Gasteiger partial charge in [-0.25, -0.2) is 4.79 Å². The molecule has 0 bridgehead atoms. The van der Waals surface area contributed by atoms with Gasteiger partial charge in [-0.05, 0) is 44.2 Å². The average molecular weight is 487 g/mol. The number of methoxy groups -OCH3 is 1. The maximum Gasteiger partial charge on any atom is 0.407 e. The second-order valence-corrected chi connectivity index (χ2v) is 8.59. The minimum absolute atomic E-state index is 0.00995. The Balaban J connectivity index is 1.77. The van der Waals surface area contributed by atoms with Crippen molar-refractivity contribution in [2.75, 3.05) is 25.6 Å². The van der Waals surface area contributed by atoms with Crippen molar-refractivity contribution >= 4 is 23.9 Å². The molecule has 192 valence electrons. The van der Waals surface area contributed by atoms with E-state index in [9.17, 15) is 9.59 Å². The van der Waals surface area contributed by atoms with Crippen LogP contribution < -0.4 is 15.4 Å². The first kappa shape index (κ1) is 27.8. The van der Waals surface area contributed by atoms with E-state index >= 15 is 0 Å². The number of anilines is 1. The summed E-state index contributed by atoms with van der Waals surface area (Å²) in [4.78, 5) is 28.8. The SMILES string of the molecule is CCCOC(=O)N[C@H](C(=O)CCCCCN=CNc1cc(OC)ccc1-n1cnnc1C)C(C)C. The van der Waals surface area contributed by atoms with Crippen molar-refractivity contribution in [1.82, 2.24) is 20.1 Å². The van der Waals surface area contributed by atoms with Gasteiger partial charge in [-0.2, -0.15) is 0 Å². The number of benzene rings is 1. The van der Waals surface area contributed by atoms with Crippen LogP contribution in [0.25, 0.3) is 5.69 Å². The summed E-state index contributed by atoms with van der Waals surface area (Å²) in [5, 5.41) is 13.9. The summed E-state index contributed by atoms with van der Waals surface area (Å²) >= 11 is 0. The number of ketones is 1. The summed E-state index contributed by atoms with van der Waals surface area (Å²) in [6.45, 7) is 8.64. The van der Waals surface area contributed by atoms with Crippen LogP contribution in [-0.2, 0) is 9.53 Å². The van der Waals surface area contributed by atoms with Gasteiger partial charge in [-0.1, -0.05) is 27.2 Å². The van der Waals surface area contributed by atoms with E-state index in [0.29, 0.717) is 19.6 Å². The Morgan fingerprint density at radius 2 is 2.03 bits per heavy atom. The summed E-state index contributed by atoms with van der Waals surface area (Å²) in [6, 6.07) is 5.19. The molecule has 0 aliphatic heterocycles. The molecule has 0 saturated carbocycles. The van der Waals surface area contributed by atoms with Crippen LogP contribution in [0.4, 0.5) is 10.5 Å². The summed E-state index contributed by atoms with van der Waals surface area (Å²) in [7, 11) is 1.62. The number of carbonyl (C=O) groups excluding carboxylic acids is 2. The third-order valence-corrected chi connectivity index (χ3v) is 5.43. The fraction of sp³-hybridized carbons (Fsp3) is 0.560. The van der Waals surface area contributed by atoms with Crippen LogP contribution in [0.3, 0.4) is 0 Å². The number of carbonyl (C=O) groups is 2. The average Bonchev–Trinajstić information content (AvgIpc) is 3.27. The molecule has 1 aromatic carbocycles. The molecule has 0 unspecified atom stereocenters. The van der Waals surface area contributed by atoms with Gasteiger partial charge in [-0.3, -0.25) is 14.4 Å². The normalized spacial score (nSPS) is 12.1. The number of hydrogen-bond acceptors (Lipinski definition) is 7. The highest BCUT2D eigenvalue weighted by molar-refractivity contribution is 5.87. The lowest BCUT2D eigenvalue weighted by Crippen LogP contribution is -2.44. The second kappa shape index (κ2) is 14.7. The number of ether oxygens (including phenoxy) is 2. The van der Waals surface area contributed by atoms with E-state index < -0.39 is 12.1 Å². The molecule has 1 aromatic heterocycles. The zero-order chi connectivity index (χ0) is 25.6. The molecule has 2 aromatic rings. The molecule has 2 N–H and O–H groups in total. The zero-order valence-corrected chi connectivity index (χ0v) is 21.4. The van der Waals surface area contributed by atoms with Gasteiger partial charge in [0.15, 0.2) is 5.78 Å². The molecule has 0 saturated heterocycles. The van der Waals surface area contributed by atoms with Crippen molar-refractivity contribution in [3.8, 4) is 11.4 Å². The standard InChI is InChI=1S/C25H38N6O4/c1-6-14-35-25(33)29-24(18(2)3)23(32)10-8-7-9-13-26-16-27-21-15-20(34-5)11-12-22(21)31-17-28-30-19(31)4/h11-12,15-18,24H,6-10,13-14H2,1-5H3,(H,26,27)(H,29,33)/t24-/m0/s1. The first-order valence-corrected chi connectivity index (χ1v) is 12.1. The lowest BCUT2D eigenvalue weighted by Gasteiger charge is -2.20. The number of aliphatic imine (C=N–C) groups is 1. The lowest BCUT2D eigenvalue weighted by molar-refractivity contribution is -0.122. The maximum atomic E-state index is 12.6. The highest BCUT2D eigenvalue weighted by Gasteiger charge is 2.24. The molecule has 0 fully saturated rings. The van der Waals surface area contributed by atoms with E-state index in [1.807, 2.05) is 50.5 Å². The van der Waals surface area contributed by atoms with E-state index in [4.69, 9.17) is 9.47 Å². The van der Waals surface area contributed by atoms with Crippen LogP contribution in [0.15, 0.2) is 29.5 Å². The van der Waals surface area contributed by atoms with Gasteiger partial charge in [0.25, 0.3) is 0 Å². The number of unbranched alkanes of at least 4 members (excludes halogenated alkanes) is 2. The van der Waals surface area contributed by atoms with Crippen LogP contribution in [0, 0.1) is 12.8 Å². The van der Waals surface area contributed by atoms with Crippen molar-refractivity contribution in [2.45, 2.75) is 65.8 Å². The van der Waals surface area contributed by atoms with Gasteiger partial charge in [0, 0.05) is 19.0 Å². The Hall–Kier alpha value is -3.43. The van der Waals surface area contributed by atoms with Crippen LogP contribution in [-0.4, -0.2) is 59.3 Å². The largest absolute Gasteiger partial charge is 0.497 e. The van der Waals surface area contributed by atoms with Crippen LogP contribution in [0.1, 0.15) is 58.7 Å². The monoisotopic (exact) mass is 486 g/mol. The number of amides is 1. The van der Waals surface area contributed by atoms with Crippen LogP contribution in [0.5, 0.6) is 5.75 Å². The minimum Gasteiger partial charge on any atom is -0.497 e. The molecule has 10 nitrogen and oxygen atoms in total. The smallest absolute Gasteiger partial charge is 0.407 e. The lowest BCUT2D eigenvalue weighted by atomic mass is 9.96. The molecular weight excluding hydrogens is 448 g/mol. The summed E-state index contributed by atoms with van der Waals surface area (Å²) in [6.07, 6.45) is 6.46. The van der Waals surface area contributed by atoms with Gasteiger partial charge in [0.05, 0.1) is 37.5 Å². The van der Waals surface area contributed by atoms with Crippen molar-refractivity contribution in [3.05, 3.63) is 30.4 Å². The van der Waals surface area contributed by atoms with E-state index in [-0.39, 0.29) is 11.7 Å². The van der Waals surface area contributed by atoms with E-state index in [1.54, 1.807) is 19.8 Å². The highest BCUT2D eigenvalue weighted by atomic mass is 16.5. The number of aryl methyl sites for hydroxylation is 1. The van der Waals surface area contributed by atoms with Gasteiger partial charge >= 0.3 is 6.09 Å². The second-order valence-electron chi connectivity index (χ2n) is 8.59. The van der Waals surface area contributed by atoms with Crippen LogP contribution >= 0.6 is 0 Å². The first-order chi connectivity index (χ1) is 16.9. The number of alkyl carbamates (subject to hydrolysis) is 1. The van der Waals surface area contributed by atoms with E-state index in [1.165, 1.54) is 0 Å². The Kier molecular flexibility index (Phi) is 11.7. The quantitative estimate of drug-likeness (QED) is 0.219. The molecule has 0 radical (unpaired) electrons. The molecule has 35 heavy (non-hydrogen) atoms. The fourth-order valence-corrected chi connectivity index (χ4v) is 3.49. The minimum atomic E-state index is -0.528.